The summed E-state index contributed by atoms with van der Waals surface area (Å²) in [5.41, 5.74) is 0. The first kappa shape index (κ1) is 14.7. The van der Waals surface area contributed by atoms with Crippen molar-refractivity contribution in [1.82, 2.24) is 10.6 Å². The Morgan fingerprint density at radius 1 is 1.38 bits per heavy atom. The van der Waals surface area contributed by atoms with E-state index in [0.29, 0.717) is 19.8 Å². The minimum atomic E-state index is -1.03. The molecule has 0 saturated carbocycles. The van der Waals surface area contributed by atoms with Crippen molar-refractivity contribution in [2.75, 3.05) is 19.8 Å². The highest BCUT2D eigenvalue weighted by Crippen LogP contribution is 2.00. The minimum Gasteiger partial charge on any atom is -0.480 e. The Hall–Kier alpha value is -1.30. The molecule has 1 atom stereocenters. The van der Waals surface area contributed by atoms with Crippen LogP contribution in [-0.2, 0) is 9.53 Å². The maximum atomic E-state index is 11.3. The average molecular weight is 232 g/mol. The molecule has 2 amide bonds. The Morgan fingerprint density at radius 2 is 2.00 bits per heavy atom. The van der Waals surface area contributed by atoms with Crippen molar-refractivity contribution in [3.63, 3.8) is 0 Å². The molecule has 16 heavy (non-hydrogen) atoms. The summed E-state index contributed by atoms with van der Waals surface area (Å²) in [7, 11) is 0. The van der Waals surface area contributed by atoms with E-state index < -0.39 is 18.0 Å². The van der Waals surface area contributed by atoms with Crippen LogP contribution in [0.15, 0.2) is 0 Å². The molecule has 0 radical (unpaired) electrons. The van der Waals surface area contributed by atoms with Crippen molar-refractivity contribution < 1.29 is 19.4 Å². The summed E-state index contributed by atoms with van der Waals surface area (Å²) in [6.45, 7) is 6.71. The van der Waals surface area contributed by atoms with E-state index in [1.807, 2.05) is 6.92 Å². The van der Waals surface area contributed by atoms with Gasteiger partial charge in [-0.25, -0.2) is 9.59 Å². The number of urea groups is 1. The first-order valence-corrected chi connectivity index (χ1v) is 5.34. The molecule has 0 aliphatic heterocycles. The molecule has 0 aliphatic rings. The quantitative estimate of drug-likeness (QED) is 0.555. The Morgan fingerprint density at radius 3 is 2.44 bits per heavy atom. The smallest absolute Gasteiger partial charge is 0.326 e. The zero-order valence-corrected chi connectivity index (χ0v) is 9.95. The van der Waals surface area contributed by atoms with Crippen LogP contribution in [0, 0.1) is 5.92 Å². The fourth-order valence-electron chi connectivity index (χ4n) is 1.09. The maximum Gasteiger partial charge on any atom is 0.326 e. The van der Waals surface area contributed by atoms with E-state index in [9.17, 15) is 9.59 Å². The van der Waals surface area contributed by atoms with Gasteiger partial charge in [-0.2, -0.15) is 0 Å². The van der Waals surface area contributed by atoms with Crippen molar-refractivity contribution in [3.05, 3.63) is 0 Å². The summed E-state index contributed by atoms with van der Waals surface area (Å²) in [4.78, 5) is 22.1. The molecule has 0 bridgehead atoms. The van der Waals surface area contributed by atoms with Crippen molar-refractivity contribution >= 4 is 12.0 Å². The monoisotopic (exact) mass is 232 g/mol. The van der Waals surface area contributed by atoms with Crippen LogP contribution in [0.2, 0.25) is 0 Å². The first-order valence-electron chi connectivity index (χ1n) is 5.34. The van der Waals surface area contributed by atoms with Gasteiger partial charge in [0.15, 0.2) is 0 Å². The van der Waals surface area contributed by atoms with Crippen LogP contribution in [0.3, 0.4) is 0 Å². The summed E-state index contributed by atoms with van der Waals surface area (Å²) in [5, 5.41) is 13.7. The number of carboxylic acid groups (broad SMARTS) is 1. The normalized spacial score (nSPS) is 12.2. The van der Waals surface area contributed by atoms with Crippen LogP contribution in [0.1, 0.15) is 20.8 Å². The molecular formula is C10H20N2O4. The van der Waals surface area contributed by atoms with Crippen LogP contribution >= 0.6 is 0 Å². The summed E-state index contributed by atoms with van der Waals surface area (Å²) >= 11 is 0. The molecule has 0 fully saturated rings. The largest absolute Gasteiger partial charge is 0.480 e. The van der Waals surface area contributed by atoms with Gasteiger partial charge in [0.2, 0.25) is 0 Å². The van der Waals surface area contributed by atoms with Gasteiger partial charge in [-0.15, -0.1) is 0 Å². The van der Waals surface area contributed by atoms with Gasteiger partial charge in [0.05, 0.1) is 6.61 Å². The van der Waals surface area contributed by atoms with Crippen LogP contribution < -0.4 is 10.6 Å². The predicted molar refractivity (Wildman–Crippen MR) is 59.3 cm³/mol. The van der Waals surface area contributed by atoms with Crippen molar-refractivity contribution in [3.8, 4) is 0 Å². The van der Waals surface area contributed by atoms with Gasteiger partial charge in [0.1, 0.15) is 6.04 Å². The second-order valence-corrected chi connectivity index (χ2v) is 3.66. The molecule has 0 aromatic rings. The Balaban J connectivity index is 3.87. The summed E-state index contributed by atoms with van der Waals surface area (Å²) in [6.07, 6.45) is 0. The lowest BCUT2D eigenvalue weighted by Gasteiger charge is -2.18. The van der Waals surface area contributed by atoms with Gasteiger partial charge in [0, 0.05) is 13.2 Å². The van der Waals surface area contributed by atoms with Crippen molar-refractivity contribution in [1.29, 1.82) is 0 Å². The SMILES string of the molecule is CCOCCNC(=O)N[C@@H](C(=O)O)C(C)C. The second kappa shape index (κ2) is 7.92. The van der Waals surface area contributed by atoms with Crippen LogP contribution in [-0.4, -0.2) is 42.9 Å². The van der Waals surface area contributed by atoms with Gasteiger partial charge in [-0.1, -0.05) is 13.8 Å². The molecule has 0 aliphatic carbocycles. The van der Waals surface area contributed by atoms with Crippen LogP contribution in [0.4, 0.5) is 4.79 Å². The number of aliphatic carboxylic acids is 1. The number of nitrogens with one attached hydrogen (secondary N) is 2. The zero-order chi connectivity index (χ0) is 12.6. The van der Waals surface area contributed by atoms with E-state index in [0.717, 1.165) is 0 Å². The molecule has 0 spiro atoms. The van der Waals surface area contributed by atoms with E-state index in [1.54, 1.807) is 13.8 Å². The highest BCUT2D eigenvalue weighted by molar-refractivity contribution is 5.82. The third-order valence-corrected chi connectivity index (χ3v) is 1.96. The number of rotatable bonds is 7. The van der Waals surface area contributed by atoms with Gasteiger partial charge in [-0.3, -0.25) is 0 Å². The highest BCUT2D eigenvalue weighted by Gasteiger charge is 2.22. The first-order chi connectivity index (χ1) is 7.49. The highest BCUT2D eigenvalue weighted by atomic mass is 16.5. The number of hydrogen-bond donors (Lipinski definition) is 3. The molecular weight excluding hydrogens is 212 g/mol. The van der Waals surface area contributed by atoms with E-state index in [1.165, 1.54) is 0 Å². The lowest BCUT2D eigenvalue weighted by molar-refractivity contribution is -0.140. The number of ether oxygens (including phenoxy) is 1. The fraction of sp³-hybridized carbons (Fsp3) is 0.800. The van der Waals surface area contributed by atoms with E-state index in [4.69, 9.17) is 9.84 Å². The van der Waals surface area contributed by atoms with Gasteiger partial charge < -0.3 is 20.5 Å². The van der Waals surface area contributed by atoms with Gasteiger partial charge in [0.25, 0.3) is 0 Å². The van der Waals surface area contributed by atoms with E-state index in [2.05, 4.69) is 10.6 Å². The third-order valence-electron chi connectivity index (χ3n) is 1.96. The average Bonchev–Trinajstić information content (AvgIpc) is 2.20. The molecule has 0 rings (SSSR count). The summed E-state index contributed by atoms with van der Waals surface area (Å²) in [5.74, 6) is -1.19. The lowest BCUT2D eigenvalue weighted by atomic mass is 10.1. The number of amides is 2. The lowest BCUT2D eigenvalue weighted by Crippen LogP contribution is -2.49. The fourth-order valence-corrected chi connectivity index (χ4v) is 1.09. The Bertz CT molecular complexity index is 231. The molecule has 6 heteroatoms. The Labute approximate surface area is 95.4 Å². The molecule has 0 aromatic heterocycles. The molecule has 0 aromatic carbocycles. The molecule has 94 valence electrons. The van der Waals surface area contributed by atoms with Gasteiger partial charge >= 0.3 is 12.0 Å². The number of hydrogen-bond acceptors (Lipinski definition) is 3. The van der Waals surface area contributed by atoms with Crippen LogP contribution in [0.5, 0.6) is 0 Å². The van der Waals surface area contributed by atoms with Crippen LogP contribution in [0.25, 0.3) is 0 Å². The number of carboxylic acids is 1. The van der Waals surface area contributed by atoms with Crippen molar-refractivity contribution in [2.45, 2.75) is 26.8 Å². The van der Waals surface area contributed by atoms with E-state index >= 15 is 0 Å². The predicted octanol–water partition coefficient (Wildman–Crippen LogP) is 0.431. The minimum absolute atomic E-state index is 0.157. The molecule has 0 heterocycles. The molecule has 0 unspecified atom stereocenters. The molecule has 6 nitrogen and oxygen atoms in total. The Kier molecular flexibility index (Phi) is 7.28. The maximum absolute atomic E-state index is 11.3. The number of carbonyl (C=O) groups is 2. The molecule has 3 N–H and O–H groups in total. The second-order valence-electron chi connectivity index (χ2n) is 3.66. The summed E-state index contributed by atoms with van der Waals surface area (Å²) < 4.78 is 5.02. The topological polar surface area (TPSA) is 87.7 Å². The third kappa shape index (κ3) is 6.23. The molecule has 0 saturated heterocycles. The van der Waals surface area contributed by atoms with Gasteiger partial charge in [-0.05, 0) is 12.8 Å². The standard InChI is InChI=1S/C10H20N2O4/c1-4-16-6-5-11-10(15)12-8(7(2)3)9(13)14/h7-8H,4-6H2,1-3H3,(H,13,14)(H2,11,12,15)/t8-/m1/s1. The van der Waals surface area contributed by atoms with E-state index in [-0.39, 0.29) is 5.92 Å². The number of carbonyl (C=O) groups excluding carboxylic acids is 1. The summed E-state index contributed by atoms with van der Waals surface area (Å²) in [6, 6.07) is -1.35. The van der Waals surface area contributed by atoms with Crippen molar-refractivity contribution in [2.24, 2.45) is 5.92 Å². The zero-order valence-electron chi connectivity index (χ0n) is 9.95.